The molecule has 0 amide bonds. The summed E-state index contributed by atoms with van der Waals surface area (Å²) in [5.41, 5.74) is 0.791. The van der Waals surface area contributed by atoms with E-state index in [4.69, 9.17) is 11.6 Å². The van der Waals surface area contributed by atoms with Gasteiger partial charge in [-0.05, 0) is 61.3 Å². The molecule has 2 aromatic carbocycles. The largest absolute Gasteiger partial charge is 0.301 e. The highest BCUT2D eigenvalue weighted by Crippen LogP contribution is 2.39. The van der Waals surface area contributed by atoms with E-state index in [-0.39, 0.29) is 22.9 Å². The van der Waals surface area contributed by atoms with E-state index in [1.807, 2.05) is 6.92 Å². The summed E-state index contributed by atoms with van der Waals surface area (Å²) in [4.78, 5) is 0.203. The monoisotopic (exact) mass is 382 g/mol. The van der Waals surface area contributed by atoms with E-state index in [1.165, 1.54) is 28.6 Å². The van der Waals surface area contributed by atoms with E-state index < -0.39 is 10.0 Å². The van der Waals surface area contributed by atoms with Crippen molar-refractivity contribution in [1.82, 2.24) is 9.62 Å². The number of halogens is 2. The highest BCUT2D eigenvalue weighted by molar-refractivity contribution is 7.89. The molecule has 7 heteroatoms. The molecule has 0 spiro atoms. The molecule has 0 bridgehead atoms. The zero-order valence-corrected chi connectivity index (χ0v) is 15.4. The molecule has 0 aromatic heterocycles. The van der Waals surface area contributed by atoms with E-state index in [1.54, 1.807) is 24.3 Å². The van der Waals surface area contributed by atoms with E-state index in [9.17, 15) is 12.8 Å². The normalized spacial score (nSPS) is 21.6. The van der Waals surface area contributed by atoms with Crippen molar-refractivity contribution in [2.24, 2.45) is 0 Å². The smallest absolute Gasteiger partial charge is 0.245 e. The summed E-state index contributed by atoms with van der Waals surface area (Å²) in [5.74, 6) is -0.336. The molecule has 2 unspecified atom stereocenters. The molecular formula is C18H20ClFN2O2S. The first-order chi connectivity index (χ1) is 11.9. The van der Waals surface area contributed by atoms with Crippen LogP contribution in [0.3, 0.4) is 0 Å². The van der Waals surface area contributed by atoms with Crippen LogP contribution in [0, 0.1) is 5.82 Å². The first-order valence-corrected chi connectivity index (χ1v) is 10.0. The van der Waals surface area contributed by atoms with E-state index in [0.717, 1.165) is 5.56 Å². The second-order valence-electron chi connectivity index (χ2n) is 6.01. The summed E-state index contributed by atoms with van der Waals surface area (Å²) in [6.45, 7) is 2.60. The molecule has 134 valence electrons. The molecule has 0 aliphatic carbocycles. The SMILES string of the molecule is CCNC1CCC(c2ccc(F)cc2)N1S(=O)(=O)c1ccc(Cl)cc1. The number of nitrogens with one attached hydrogen (secondary N) is 1. The van der Waals surface area contributed by atoms with Crippen LogP contribution in [-0.4, -0.2) is 25.4 Å². The zero-order valence-electron chi connectivity index (χ0n) is 13.8. The lowest BCUT2D eigenvalue weighted by atomic mass is 10.1. The average Bonchev–Trinajstić information content (AvgIpc) is 3.01. The number of rotatable bonds is 5. The molecule has 1 saturated heterocycles. The third-order valence-corrected chi connectivity index (χ3v) is 6.60. The van der Waals surface area contributed by atoms with Crippen LogP contribution in [0.5, 0.6) is 0 Å². The molecule has 1 heterocycles. The summed E-state index contributed by atoms with van der Waals surface area (Å²) < 4.78 is 41.3. The molecule has 3 rings (SSSR count). The molecule has 4 nitrogen and oxygen atoms in total. The number of hydrogen-bond acceptors (Lipinski definition) is 3. The Kier molecular flexibility index (Phi) is 5.43. The van der Waals surface area contributed by atoms with Crippen molar-refractivity contribution in [3.8, 4) is 0 Å². The Labute approximate surface area is 152 Å². The van der Waals surface area contributed by atoms with Crippen molar-refractivity contribution < 1.29 is 12.8 Å². The van der Waals surface area contributed by atoms with Crippen LogP contribution in [0.4, 0.5) is 4.39 Å². The van der Waals surface area contributed by atoms with Gasteiger partial charge in [-0.25, -0.2) is 12.8 Å². The molecule has 1 N–H and O–H groups in total. The van der Waals surface area contributed by atoms with Gasteiger partial charge in [0.1, 0.15) is 5.82 Å². The van der Waals surface area contributed by atoms with Crippen LogP contribution in [-0.2, 0) is 10.0 Å². The number of hydrogen-bond donors (Lipinski definition) is 1. The Balaban J connectivity index is 2.02. The Morgan fingerprint density at radius 1 is 1.12 bits per heavy atom. The van der Waals surface area contributed by atoms with Crippen LogP contribution in [0.2, 0.25) is 5.02 Å². The molecule has 0 radical (unpaired) electrons. The Morgan fingerprint density at radius 3 is 2.36 bits per heavy atom. The molecule has 1 aliphatic heterocycles. The van der Waals surface area contributed by atoms with E-state index in [2.05, 4.69) is 5.32 Å². The molecule has 2 aromatic rings. The van der Waals surface area contributed by atoms with Crippen LogP contribution < -0.4 is 5.32 Å². The quantitative estimate of drug-likeness (QED) is 0.852. The Morgan fingerprint density at radius 2 is 1.76 bits per heavy atom. The minimum absolute atomic E-state index is 0.203. The third kappa shape index (κ3) is 3.72. The molecular weight excluding hydrogens is 363 g/mol. The average molecular weight is 383 g/mol. The van der Waals surface area contributed by atoms with Gasteiger partial charge in [0.25, 0.3) is 0 Å². The first-order valence-electron chi connectivity index (χ1n) is 8.21. The van der Waals surface area contributed by atoms with E-state index in [0.29, 0.717) is 24.4 Å². The van der Waals surface area contributed by atoms with Gasteiger partial charge in [0.05, 0.1) is 17.1 Å². The van der Waals surface area contributed by atoms with E-state index >= 15 is 0 Å². The topological polar surface area (TPSA) is 49.4 Å². The fourth-order valence-electron chi connectivity index (χ4n) is 3.28. The van der Waals surface area contributed by atoms with Crippen LogP contribution >= 0.6 is 11.6 Å². The predicted octanol–water partition coefficient (Wildman–Crippen LogP) is 3.94. The van der Waals surface area contributed by atoms with Crippen molar-refractivity contribution in [3.05, 3.63) is 64.9 Å². The van der Waals surface area contributed by atoms with Crippen molar-refractivity contribution in [3.63, 3.8) is 0 Å². The number of nitrogens with zero attached hydrogens (tertiary/aromatic N) is 1. The Bertz CT molecular complexity index is 825. The van der Waals surface area contributed by atoms with Gasteiger partial charge in [-0.1, -0.05) is 30.7 Å². The maximum Gasteiger partial charge on any atom is 0.245 e. The van der Waals surface area contributed by atoms with Gasteiger partial charge in [-0.3, -0.25) is 0 Å². The van der Waals surface area contributed by atoms with Crippen LogP contribution in [0.1, 0.15) is 31.4 Å². The fraction of sp³-hybridized carbons (Fsp3) is 0.333. The van der Waals surface area contributed by atoms with Crippen molar-refractivity contribution in [1.29, 1.82) is 0 Å². The van der Waals surface area contributed by atoms with Crippen LogP contribution in [0.25, 0.3) is 0 Å². The molecule has 0 saturated carbocycles. The molecule has 2 atom stereocenters. The second-order valence-corrected chi connectivity index (χ2v) is 8.29. The molecule has 1 aliphatic rings. The standard InChI is InChI=1S/C18H20ClFN2O2S/c1-2-21-18-12-11-17(13-3-7-15(20)8-4-13)22(18)25(23,24)16-9-5-14(19)6-10-16/h3-10,17-18,21H,2,11-12H2,1H3. The zero-order chi connectivity index (χ0) is 18.0. The first kappa shape index (κ1) is 18.3. The lowest BCUT2D eigenvalue weighted by Gasteiger charge is -2.30. The predicted molar refractivity (Wildman–Crippen MR) is 96.3 cm³/mol. The van der Waals surface area contributed by atoms with Gasteiger partial charge in [0.15, 0.2) is 0 Å². The maximum atomic E-state index is 13.3. The van der Waals surface area contributed by atoms with Gasteiger partial charge in [0.2, 0.25) is 10.0 Å². The molecule has 1 fully saturated rings. The van der Waals surface area contributed by atoms with Crippen molar-refractivity contribution >= 4 is 21.6 Å². The third-order valence-electron chi connectivity index (χ3n) is 4.41. The van der Waals surface area contributed by atoms with Gasteiger partial charge in [-0.2, -0.15) is 4.31 Å². The second kappa shape index (κ2) is 7.41. The summed E-state index contributed by atoms with van der Waals surface area (Å²) >= 11 is 5.88. The maximum absolute atomic E-state index is 13.3. The molecule has 25 heavy (non-hydrogen) atoms. The summed E-state index contributed by atoms with van der Waals surface area (Å²) in [5, 5.41) is 3.72. The summed E-state index contributed by atoms with van der Waals surface area (Å²) in [7, 11) is -3.72. The van der Waals surface area contributed by atoms with Crippen molar-refractivity contribution in [2.45, 2.75) is 36.9 Å². The lowest BCUT2D eigenvalue weighted by molar-refractivity contribution is 0.289. The van der Waals surface area contributed by atoms with Gasteiger partial charge < -0.3 is 5.32 Å². The number of sulfonamides is 1. The van der Waals surface area contributed by atoms with Crippen molar-refractivity contribution in [2.75, 3.05) is 6.54 Å². The van der Waals surface area contributed by atoms with Gasteiger partial charge in [0, 0.05) is 5.02 Å². The lowest BCUT2D eigenvalue weighted by Crippen LogP contribution is -2.45. The minimum atomic E-state index is -3.72. The van der Waals surface area contributed by atoms with Gasteiger partial charge in [-0.15, -0.1) is 0 Å². The number of benzene rings is 2. The summed E-state index contributed by atoms with van der Waals surface area (Å²) in [6.07, 6.45) is 1.08. The highest BCUT2D eigenvalue weighted by atomic mass is 35.5. The summed E-state index contributed by atoms with van der Waals surface area (Å²) in [6, 6.07) is 11.9. The van der Waals surface area contributed by atoms with Gasteiger partial charge >= 0.3 is 0 Å². The fourth-order valence-corrected chi connectivity index (χ4v) is 5.20. The van der Waals surface area contributed by atoms with Crippen LogP contribution in [0.15, 0.2) is 53.4 Å². The Hall–Kier alpha value is -1.47. The highest BCUT2D eigenvalue weighted by Gasteiger charge is 2.42. The minimum Gasteiger partial charge on any atom is -0.301 e.